The molecule has 0 aliphatic carbocycles. The molecule has 0 spiro atoms. The molecule has 1 aliphatic heterocycles. The van der Waals surface area contributed by atoms with Gasteiger partial charge >= 0.3 is 18.3 Å². The van der Waals surface area contributed by atoms with Gasteiger partial charge in [0.1, 0.15) is 0 Å². The Morgan fingerprint density at radius 1 is 0.850 bits per heavy atom. The van der Waals surface area contributed by atoms with Crippen molar-refractivity contribution >= 4 is 0 Å². The van der Waals surface area contributed by atoms with Gasteiger partial charge in [-0.3, -0.25) is 0 Å². The lowest BCUT2D eigenvalue weighted by Crippen LogP contribution is -2.61. The Labute approximate surface area is 109 Å². The van der Waals surface area contributed by atoms with Gasteiger partial charge in [0.15, 0.2) is 0 Å². The molecule has 20 heavy (non-hydrogen) atoms. The van der Waals surface area contributed by atoms with E-state index in [0.717, 1.165) is 0 Å². The van der Waals surface area contributed by atoms with Crippen LogP contribution in [0, 0.1) is 0 Å². The second-order valence-corrected chi connectivity index (χ2v) is 4.27. The van der Waals surface area contributed by atoms with Gasteiger partial charge in [-0.2, -0.15) is 30.7 Å². The van der Waals surface area contributed by atoms with Crippen molar-refractivity contribution in [1.82, 2.24) is 9.80 Å². The third kappa shape index (κ3) is 3.40. The van der Waals surface area contributed by atoms with Gasteiger partial charge in [0.05, 0.1) is 0 Å². The molecule has 1 heterocycles. The first kappa shape index (κ1) is 17.2. The Balaban J connectivity index is 2.75. The number of allylic oxidation sites excluding steroid dienone is 1. The van der Waals surface area contributed by atoms with E-state index < -0.39 is 50.6 Å². The second kappa shape index (κ2) is 5.47. The summed E-state index contributed by atoms with van der Waals surface area (Å²) in [5, 5.41) is 0. The van der Waals surface area contributed by atoms with Crippen LogP contribution in [0.2, 0.25) is 0 Å². The van der Waals surface area contributed by atoms with Gasteiger partial charge in [0.2, 0.25) is 6.17 Å². The molecule has 118 valence electrons. The minimum atomic E-state index is -4.69. The van der Waals surface area contributed by atoms with Crippen molar-refractivity contribution in [3.8, 4) is 0 Å². The van der Waals surface area contributed by atoms with E-state index in [1.807, 2.05) is 0 Å². The van der Waals surface area contributed by atoms with Crippen LogP contribution in [0.15, 0.2) is 12.7 Å². The molecule has 0 aromatic heterocycles. The fraction of sp³-hybridized carbons (Fsp3) is 0.800. The maximum atomic E-state index is 13.5. The Hall–Kier alpha value is -0.900. The highest BCUT2D eigenvalue weighted by Crippen LogP contribution is 2.38. The zero-order valence-electron chi connectivity index (χ0n) is 10.1. The molecule has 0 N–H and O–H groups in total. The van der Waals surface area contributed by atoms with Crippen LogP contribution in [0.3, 0.4) is 0 Å². The second-order valence-electron chi connectivity index (χ2n) is 4.27. The van der Waals surface area contributed by atoms with E-state index >= 15 is 0 Å². The van der Waals surface area contributed by atoms with Gasteiger partial charge in [-0.25, -0.2) is 14.2 Å². The maximum Gasteiger partial charge on any atom is 0.460 e. The molecule has 0 saturated carbocycles. The third-order valence-electron chi connectivity index (χ3n) is 2.97. The van der Waals surface area contributed by atoms with E-state index in [0.29, 0.717) is 0 Å². The van der Waals surface area contributed by atoms with Crippen molar-refractivity contribution < 1.29 is 35.1 Å². The van der Waals surface area contributed by atoms with Crippen LogP contribution >= 0.6 is 0 Å². The summed E-state index contributed by atoms with van der Waals surface area (Å²) in [6.07, 6.45) is -8.82. The highest BCUT2D eigenvalue weighted by molar-refractivity contribution is 5.00. The first-order chi connectivity index (χ1) is 8.93. The lowest BCUT2D eigenvalue weighted by Gasteiger charge is -2.40. The molecule has 1 rings (SSSR count). The van der Waals surface area contributed by atoms with Gasteiger partial charge in [-0.05, 0) is 6.08 Å². The van der Waals surface area contributed by atoms with Gasteiger partial charge in [0.25, 0.3) is 0 Å². The van der Waals surface area contributed by atoms with Crippen molar-refractivity contribution in [3.05, 3.63) is 12.7 Å². The van der Waals surface area contributed by atoms with E-state index in [4.69, 9.17) is 0 Å². The number of rotatable bonds is 4. The van der Waals surface area contributed by atoms with E-state index in [1.165, 1.54) is 0 Å². The SMILES string of the molecule is C=CC(F)(F)C(F)C(F)(F)N1CCN(C(F)(F)F)CC1. The van der Waals surface area contributed by atoms with Crippen LogP contribution in [-0.2, 0) is 0 Å². The minimum absolute atomic E-state index is 0.0166. The van der Waals surface area contributed by atoms with Gasteiger partial charge in [-0.1, -0.05) is 6.58 Å². The quantitative estimate of drug-likeness (QED) is 0.447. The average Bonchev–Trinajstić information content (AvgIpc) is 2.37. The molecule has 0 aromatic rings. The molecule has 1 unspecified atom stereocenters. The molecular weight excluding hydrogens is 300 g/mol. The van der Waals surface area contributed by atoms with E-state index in [2.05, 4.69) is 6.58 Å². The van der Waals surface area contributed by atoms with Gasteiger partial charge < -0.3 is 0 Å². The van der Waals surface area contributed by atoms with Crippen LogP contribution in [-0.4, -0.2) is 60.4 Å². The van der Waals surface area contributed by atoms with Crippen LogP contribution in [0.25, 0.3) is 0 Å². The molecular formula is C10H12F8N2. The number of halogens is 8. The molecule has 10 heteroatoms. The molecule has 1 atom stereocenters. The molecule has 0 amide bonds. The van der Waals surface area contributed by atoms with Crippen molar-refractivity contribution in [1.29, 1.82) is 0 Å². The van der Waals surface area contributed by atoms with E-state index in [-0.39, 0.29) is 15.9 Å². The van der Waals surface area contributed by atoms with Gasteiger partial charge in [0, 0.05) is 26.2 Å². The molecule has 0 radical (unpaired) electrons. The summed E-state index contributed by atoms with van der Waals surface area (Å²) in [7, 11) is 0. The summed E-state index contributed by atoms with van der Waals surface area (Å²) >= 11 is 0. The van der Waals surface area contributed by atoms with Crippen molar-refractivity contribution in [2.75, 3.05) is 26.2 Å². The number of alkyl halides is 8. The van der Waals surface area contributed by atoms with Crippen LogP contribution < -0.4 is 0 Å². The smallest absolute Gasteiger partial charge is 0.239 e. The fourth-order valence-electron chi connectivity index (χ4n) is 1.75. The number of piperazine rings is 1. The Bertz CT molecular complexity index is 346. The topological polar surface area (TPSA) is 6.48 Å². The molecule has 0 aromatic carbocycles. The summed E-state index contributed by atoms with van der Waals surface area (Å²) in [6.45, 7) is -0.876. The van der Waals surface area contributed by atoms with Crippen molar-refractivity contribution in [2.24, 2.45) is 0 Å². The Kier molecular flexibility index (Phi) is 4.69. The number of hydrogen-bond acceptors (Lipinski definition) is 2. The van der Waals surface area contributed by atoms with E-state index in [1.54, 1.807) is 0 Å². The summed E-state index contributed by atoms with van der Waals surface area (Å²) in [4.78, 5) is -0.0597. The van der Waals surface area contributed by atoms with Crippen LogP contribution in [0.4, 0.5) is 35.1 Å². The highest BCUT2D eigenvalue weighted by atomic mass is 19.4. The Morgan fingerprint density at radius 2 is 1.25 bits per heavy atom. The van der Waals surface area contributed by atoms with Crippen LogP contribution in [0.5, 0.6) is 0 Å². The van der Waals surface area contributed by atoms with E-state index in [9.17, 15) is 35.1 Å². The molecule has 0 bridgehead atoms. The molecule has 1 aliphatic rings. The summed E-state index contributed by atoms with van der Waals surface area (Å²) in [6, 6.07) is -4.57. The number of hydrogen-bond donors (Lipinski definition) is 0. The first-order valence-corrected chi connectivity index (χ1v) is 5.53. The highest BCUT2D eigenvalue weighted by Gasteiger charge is 2.58. The zero-order valence-corrected chi connectivity index (χ0v) is 10.1. The maximum absolute atomic E-state index is 13.5. The normalized spacial score (nSPS) is 21.8. The monoisotopic (exact) mass is 312 g/mol. The molecule has 2 nitrogen and oxygen atoms in total. The first-order valence-electron chi connectivity index (χ1n) is 5.53. The molecule has 1 saturated heterocycles. The van der Waals surface area contributed by atoms with Crippen molar-refractivity contribution in [2.45, 2.75) is 24.4 Å². The largest absolute Gasteiger partial charge is 0.460 e. The summed E-state index contributed by atoms with van der Waals surface area (Å²) in [5.41, 5.74) is 0. The van der Waals surface area contributed by atoms with Crippen molar-refractivity contribution in [3.63, 3.8) is 0 Å². The van der Waals surface area contributed by atoms with Crippen LogP contribution in [0.1, 0.15) is 0 Å². The lowest BCUT2D eigenvalue weighted by atomic mass is 10.1. The number of nitrogens with zero attached hydrogens (tertiary/aromatic N) is 2. The Morgan fingerprint density at radius 3 is 1.60 bits per heavy atom. The molecule has 1 fully saturated rings. The zero-order chi connectivity index (χ0) is 15.8. The third-order valence-corrected chi connectivity index (χ3v) is 2.97. The lowest BCUT2D eigenvalue weighted by molar-refractivity contribution is -0.280. The minimum Gasteiger partial charge on any atom is -0.239 e. The van der Waals surface area contributed by atoms with Gasteiger partial charge in [-0.15, -0.1) is 0 Å². The summed E-state index contributed by atoms with van der Waals surface area (Å²) in [5.74, 6) is -4.47. The standard InChI is InChI=1S/C10H12F8N2/c1-2-8(12,13)7(11)9(14,15)19-3-5-20(6-4-19)10(16,17)18/h2,7H,1,3-6H2. The predicted molar refractivity (Wildman–Crippen MR) is 54.2 cm³/mol. The fourth-order valence-corrected chi connectivity index (χ4v) is 1.75. The predicted octanol–water partition coefficient (Wildman–Crippen LogP) is 2.88. The average molecular weight is 312 g/mol. The summed E-state index contributed by atoms with van der Waals surface area (Å²) < 4.78 is 103.